The van der Waals surface area contributed by atoms with E-state index in [0.717, 1.165) is 21.3 Å². The second-order valence-electron chi connectivity index (χ2n) is 3.59. The van der Waals surface area contributed by atoms with Gasteiger partial charge in [0.15, 0.2) is 0 Å². The molecule has 4 nitrogen and oxygen atoms in total. The predicted octanol–water partition coefficient (Wildman–Crippen LogP) is 2.35. The fraction of sp³-hybridized carbons (Fsp3) is 0.273. The SMILES string of the molecule is Cn1c(CCC(=O)O)nc2c(Br)cccc21. The number of hydrogen-bond acceptors (Lipinski definition) is 2. The summed E-state index contributed by atoms with van der Waals surface area (Å²) in [5.41, 5.74) is 1.89. The van der Waals surface area contributed by atoms with Crippen molar-refractivity contribution in [2.75, 3.05) is 0 Å². The molecule has 0 unspecified atom stereocenters. The van der Waals surface area contributed by atoms with Gasteiger partial charge in [0.25, 0.3) is 0 Å². The Kier molecular flexibility index (Phi) is 2.96. The molecule has 0 saturated carbocycles. The standard InChI is InChI=1S/C11H11BrN2O2/c1-14-8-4-2-3-7(12)11(8)13-9(14)5-6-10(15)16/h2-4H,5-6H2,1H3,(H,15,16). The highest BCUT2D eigenvalue weighted by Gasteiger charge is 2.10. The Labute approximate surface area is 101 Å². The lowest BCUT2D eigenvalue weighted by molar-refractivity contribution is -0.137. The van der Waals surface area contributed by atoms with Gasteiger partial charge in [-0.15, -0.1) is 0 Å². The van der Waals surface area contributed by atoms with Crippen molar-refractivity contribution in [2.45, 2.75) is 12.8 Å². The van der Waals surface area contributed by atoms with Crippen LogP contribution in [0.4, 0.5) is 0 Å². The molecular weight excluding hydrogens is 272 g/mol. The highest BCUT2D eigenvalue weighted by Crippen LogP contribution is 2.23. The zero-order valence-corrected chi connectivity index (χ0v) is 10.4. The van der Waals surface area contributed by atoms with E-state index in [1.54, 1.807) is 0 Å². The summed E-state index contributed by atoms with van der Waals surface area (Å²) in [4.78, 5) is 15.0. The van der Waals surface area contributed by atoms with Crippen molar-refractivity contribution in [3.8, 4) is 0 Å². The minimum absolute atomic E-state index is 0.106. The molecule has 0 saturated heterocycles. The molecule has 0 amide bonds. The molecule has 5 heteroatoms. The third kappa shape index (κ3) is 1.95. The summed E-state index contributed by atoms with van der Waals surface area (Å²) < 4.78 is 2.87. The molecule has 0 fully saturated rings. The van der Waals surface area contributed by atoms with E-state index in [4.69, 9.17) is 5.11 Å². The maximum atomic E-state index is 10.5. The number of rotatable bonds is 3. The van der Waals surface area contributed by atoms with Crippen molar-refractivity contribution in [3.63, 3.8) is 0 Å². The quantitative estimate of drug-likeness (QED) is 0.940. The van der Waals surface area contributed by atoms with E-state index in [9.17, 15) is 4.79 Å². The molecule has 0 aliphatic rings. The van der Waals surface area contributed by atoms with Crippen molar-refractivity contribution in [1.29, 1.82) is 0 Å². The summed E-state index contributed by atoms with van der Waals surface area (Å²) in [6, 6.07) is 5.84. The molecule has 0 bridgehead atoms. The average Bonchev–Trinajstić information content (AvgIpc) is 2.55. The molecule has 0 spiro atoms. The van der Waals surface area contributed by atoms with Crippen LogP contribution >= 0.6 is 15.9 Å². The van der Waals surface area contributed by atoms with Crippen LogP contribution in [0.25, 0.3) is 11.0 Å². The predicted molar refractivity (Wildman–Crippen MR) is 64.4 cm³/mol. The molecule has 1 N–H and O–H groups in total. The van der Waals surface area contributed by atoms with Crippen LogP contribution in [0.5, 0.6) is 0 Å². The summed E-state index contributed by atoms with van der Waals surface area (Å²) in [6.45, 7) is 0. The number of hydrogen-bond donors (Lipinski definition) is 1. The maximum Gasteiger partial charge on any atom is 0.303 e. The topological polar surface area (TPSA) is 55.1 Å². The van der Waals surface area contributed by atoms with Crippen LogP contribution in [0, 0.1) is 0 Å². The van der Waals surface area contributed by atoms with Gasteiger partial charge in [-0.2, -0.15) is 0 Å². The van der Waals surface area contributed by atoms with Gasteiger partial charge in [-0.1, -0.05) is 6.07 Å². The fourth-order valence-electron chi connectivity index (χ4n) is 1.67. The van der Waals surface area contributed by atoms with E-state index in [1.807, 2.05) is 29.8 Å². The highest BCUT2D eigenvalue weighted by molar-refractivity contribution is 9.10. The van der Waals surface area contributed by atoms with Gasteiger partial charge in [-0.25, -0.2) is 4.98 Å². The molecule has 0 aliphatic heterocycles. The summed E-state index contributed by atoms with van der Waals surface area (Å²) in [6.07, 6.45) is 0.557. The normalized spacial score (nSPS) is 10.9. The molecular formula is C11H11BrN2O2. The summed E-state index contributed by atoms with van der Waals surface area (Å²) >= 11 is 3.43. The van der Waals surface area contributed by atoms with Gasteiger partial charge < -0.3 is 9.67 Å². The van der Waals surface area contributed by atoms with E-state index in [-0.39, 0.29) is 6.42 Å². The van der Waals surface area contributed by atoms with Crippen LogP contribution in [-0.4, -0.2) is 20.6 Å². The monoisotopic (exact) mass is 282 g/mol. The average molecular weight is 283 g/mol. The second-order valence-corrected chi connectivity index (χ2v) is 4.44. The Morgan fingerprint density at radius 3 is 2.94 bits per heavy atom. The minimum atomic E-state index is -0.800. The number of nitrogens with zero attached hydrogens (tertiary/aromatic N) is 2. The molecule has 0 radical (unpaired) electrons. The summed E-state index contributed by atoms with van der Waals surface area (Å²) in [5.74, 6) is -0.00424. The number of imidazole rings is 1. The van der Waals surface area contributed by atoms with Crippen LogP contribution in [0.3, 0.4) is 0 Å². The molecule has 0 aliphatic carbocycles. The third-order valence-electron chi connectivity index (χ3n) is 2.52. The van der Waals surface area contributed by atoms with Gasteiger partial charge in [-0.3, -0.25) is 4.79 Å². The van der Waals surface area contributed by atoms with E-state index in [0.29, 0.717) is 6.42 Å². The zero-order chi connectivity index (χ0) is 11.7. The van der Waals surface area contributed by atoms with Gasteiger partial charge in [0.2, 0.25) is 0 Å². The molecule has 2 aromatic rings. The van der Waals surface area contributed by atoms with Gasteiger partial charge in [0.05, 0.1) is 11.9 Å². The lowest BCUT2D eigenvalue weighted by Gasteiger charge is -1.99. The number of benzene rings is 1. The van der Waals surface area contributed by atoms with Crippen LogP contribution < -0.4 is 0 Å². The molecule has 16 heavy (non-hydrogen) atoms. The molecule has 1 aromatic carbocycles. The van der Waals surface area contributed by atoms with Gasteiger partial charge in [0.1, 0.15) is 11.3 Å². The van der Waals surface area contributed by atoms with Crippen LogP contribution in [0.1, 0.15) is 12.2 Å². The van der Waals surface area contributed by atoms with E-state index in [2.05, 4.69) is 20.9 Å². The van der Waals surface area contributed by atoms with Crippen molar-refractivity contribution >= 4 is 32.9 Å². The Morgan fingerprint density at radius 1 is 1.56 bits per heavy atom. The van der Waals surface area contributed by atoms with Crippen LogP contribution in [0.15, 0.2) is 22.7 Å². The number of halogens is 1. The smallest absolute Gasteiger partial charge is 0.303 e. The first-order valence-corrected chi connectivity index (χ1v) is 5.70. The minimum Gasteiger partial charge on any atom is -0.481 e. The zero-order valence-electron chi connectivity index (χ0n) is 8.77. The first kappa shape index (κ1) is 11.1. The lowest BCUT2D eigenvalue weighted by atomic mass is 10.3. The number of aryl methyl sites for hydroxylation is 2. The fourth-order valence-corrected chi connectivity index (χ4v) is 2.12. The van der Waals surface area contributed by atoms with Crippen LogP contribution in [0.2, 0.25) is 0 Å². The number of fused-ring (bicyclic) bond motifs is 1. The van der Waals surface area contributed by atoms with Crippen molar-refractivity contribution in [3.05, 3.63) is 28.5 Å². The highest BCUT2D eigenvalue weighted by atomic mass is 79.9. The maximum absolute atomic E-state index is 10.5. The van der Waals surface area contributed by atoms with Gasteiger partial charge in [-0.05, 0) is 28.1 Å². The van der Waals surface area contributed by atoms with E-state index >= 15 is 0 Å². The first-order valence-electron chi connectivity index (χ1n) is 4.91. The Morgan fingerprint density at radius 2 is 2.31 bits per heavy atom. The number of carbonyl (C=O) groups is 1. The Bertz CT molecular complexity index is 548. The van der Waals surface area contributed by atoms with Gasteiger partial charge >= 0.3 is 5.97 Å². The molecule has 1 heterocycles. The number of carboxylic acid groups (broad SMARTS) is 1. The second kappa shape index (κ2) is 4.25. The largest absolute Gasteiger partial charge is 0.481 e. The lowest BCUT2D eigenvalue weighted by Crippen LogP contribution is -2.03. The molecule has 84 valence electrons. The van der Waals surface area contributed by atoms with Crippen LogP contribution in [-0.2, 0) is 18.3 Å². The third-order valence-corrected chi connectivity index (χ3v) is 3.16. The van der Waals surface area contributed by atoms with Gasteiger partial charge in [0, 0.05) is 17.9 Å². The Balaban J connectivity index is 2.44. The van der Waals surface area contributed by atoms with Crippen molar-refractivity contribution in [2.24, 2.45) is 7.05 Å². The van der Waals surface area contributed by atoms with E-state index < -0.39 is 5.97 Å². The molecule has 2 rings (SSSR count). The van der Waals surface area contributed by atoms with E-state index in [1.165, 1.54) is 0 Å². The molecule has 1 aromatic heterocycles. The summed E-state index contributed by atoms with van der Waals surface area (Å²) in [7, 11) is 1.90. The Hall–Kier alpha value is -1.36. The number of aromatic nitrogens is 2. The number of aliphatic carboxylic acids is 1. The first-order chi connectivity index (χ1) is 7.59. The number of carboxylic acids is 1. The number of para-hydroxylation sites is 1. The summed E-state index contributed by atoms with van der Waals surface area (Å²) in [5, 5.41) is 8.65. The van der Waals surface area contributed by atoms with Crippen molar-refractivity contribution in [1.82, 2.24) is 9.55 Å². The van der Waals surface area contributed by atoms with Crippen molar-refractivity contribution < 1.29 is 9.90 Å². The molecule has 0 atom stereocenters.